The number of carbonyl (C=O) groups excluding carboxylic acids is 2. The number of likely N-dealkylation sites (tertiary alicyclic amines) is 1. The molecule has 3 amide bonds. The van der Waals surface area contributed by atoms with Crippen molar-refractivity contribution >= 4 is 11.9 Å². The number of benzene rings is 1. The summed E-state index contributed by atoms with van der Waals surface area (Å²) < 4.78 is 16.3. The number of nitrogens with zero attached hydrogens (tertiary/aromatic N) is 3. The molecule has 3 heterocycles. The number of ether oxygens (including phenoxy) is 2. The number of urea groups is 1. The Morgan fingerprint density at radius 2 is 1.68 bits per heavy atom. The summed E-state index contributed by atoms with van der Waals surface area (Å²) in [5.74, 6) is 2.59. The van der Waals surface area contributed by atoms with E-state index in [9.17, 15) is 9.59 Å². The summed E-state index contributed by atoms with van der Waals surface area (Å²) in [4.78, 5) is 32.7. The second kappa shape index (κ2) is 10.6. The standard InChI is InChI=1S/C26H35N3O5/c1-4-21-10-11-23(34-21)19-27-15-12-26(13-16-27)24(30)28(25(31)29(26)14-5-17-32-2)18-20-6-8-22(33-3)9-7-20/h6-11H,4-5,12-19H2,1-3H3. The van der Waals surface area contributed by atoms with Crippen LogP contribution in [0.15, 0.2) is 40.8 Å². The number of hydrogen-bond donors (Lipinski definition) is 0. The summed E-state index contributed by atoms with van der Waals surface area (Å²) in [6.45, 7) is 5.59. The number of amides is 3. The Kier molecular flexibility index (Phi) is 7.58. The van der Waals surface area contributed by atoms with Gasteiger partial charge in [-0.3, -0.25) is 14.6 Å². The molecule has 0 radical (unpaired) electrons. The highest BCUT2D eigenvalue weighted by molar-refractivity contribution is 6.07. The first kappa shape index (κ1) is 24.3. The van der Waals surface area contributed by atoms with Gasteiger partial charge in [-0.25, -0.2) is 4.79 Å². The molecule has 2 aliphatic rings. The van der Waals surface area contributed by atoms with E-state index < -0.39 is 5.54 Å². The number of furan rings is 1. The highest BCUT2D eigenvalue weighted by atomic mass is 16.5. The number of imide groups is 1. The number of carbonyl (C=O) groups is 2. The molecule has 0 N–H and O–H groups in total. The Morgan fingerprint density at radius 1 is 0.971 bits per heavy atom. The molecule has 0 aliphatic carbocycles. The largest absolute Gasteiger partial charge is 0.497 e. The number of methoxy groups -OCH3 is 2. The van der Waals surface area contributed by atoms with Crippen LogP contribution in [0.2, 0.25) is 0 Å². The van der Waals surface area contributed by atoms with Gasteiger partial charge in [0.2, 0.25) is 0 Å². The van der Waals surface area contributed by atoms with Gasteiger partial charge >= 0.3 is 6.03 Å². The van der Waals surface area contributed by atoms with Gasteiger partial charge in [0, 0.05) is 39.8 Å². The van der Waals surface area contributed by atoms with Gasteiger partial charge in [-0.2, -0.15) is 0 Å². The van der Waals surface area contributed by atoms with Crippen molar-refractivity contribution in [3.8, 4) is 5.75 Å². The molecule has 4 rings (SSSR count). The summed E-state index contributed by atoms with van der Waals surface area (Å²) in [5, 5.41) is 0. The van der Waals surface area contributed by atoms with E-state index in [-0.39, 0.29) is 18.5 Å². The molecular formula is C26H35N3O5. The molecule has 34 heavy (non-hydrogen) atoms. The quantitative estimate of drug-likeness (QED) is 0.390. The zero-order valence-electron chi connectivity index (χ0n) is 20.4. The molecule has 1 aromatic heterocycles. The van der Waals surface area contributed by atoms with E-state index in [1.165, 1.54) is 4.90 Å². The topological polar surface area (TPSA) is 75.5 Å². The summed E-state index contributed by atoms with van der Waals surface area (Å²) in [5.41, 5.74) is 0.115. The van der Waals surface area contributed by atoms with Crippen molar-refractivity contribution in [1.82, 2.24) is 14.7 Å². The van der Waals surface area contributed by atoms with E-state index in [1.54, 1.807) is 19.1 Å². The third kappa shape index (κ3) is 4.83. The van der Waals surface area contributed by atoms with Crippen LogP contribution in [-0.2, 0) is 29.0 Å². The predicted octanol–water partition coefficient (Wildman–Crippen LogP) is 3.69. The third-order valence-electron chi connectivity index (χ3n) is 6.98. The maximum absolute atomic E-state index is 13.7. The van der Waals surface area contributed by atoms with Crippen LogP contribution >= 0.6 is 0 Å². The minimum Gasteiger partial charge on any atom is -0.497 e. The number of rotatable bonds is 10. The van der Waals surface area contributed by atoms with Crippen LogP contribution in [-0.4, -0.2) is 72.6 Å². The molecule has 8 heteroatoms. The number of piperidine rings is 1. The fourth-order valence-electron chi connectivity index (χ4n) is 4.99. The summed E-state index contributed by atoms with van der Waals surface area (Å²) >= 11 is 0. The summed E-state index contributed by atoms with van der Waals surface area (Å²) in [6.07, 6.45) is 2.81. The lowest BCUT2D eigenvalue weighted by Crippen LogP contribution is -2.56. The average Bonchev–Trinajstić information content (AvgIpc) is 3.39. The smallest absolute Gasteiger partial charge is 0.327 e. The van der Waals surface area contributed by atoms with Crippen LogP contribution in [0.3, 0.4) is 0 Å². The maximum atomic E-state index is 13.7. The molecule has 0 bridgehead atoms. The van der Waals surface area contributed by atoms with Gasteiger partial charge in [0.1, 0.15) is 22.8 Å². The second-order valence-electron chi connectivity index (χ2n) is 9.05. The Labute approximate surface area is 201 Å². The highest BCUT2D eigenvalue weighted by Crippen LogP contribution is 2.38. The van der Waals surface area contributed by atoms with Gasteiger partial charge in [-0.15, -0.1) is 0 Å². The van der Waals surface area contributed by atoms with Gasteiger partial charge in [-0.1, -0.05) is 19.1 Å². The lowest BCUT2D eigenvalue weighted by Gasteiger charge is -2.42. The van der Waals surface area contributed by atoms with Crippen LogP contribution in [0.25, 0.3) is 0 Å². The first-order valence-electron chi connectivity index (χ1n) is 12.1. The van der Waals surface area contributed by atoms with Crippen molar-refractivity contribution in [2.75, 3.05) is 40.5 Å². The lowest BCUT2D eigenvalue weighted by molar-refractivity contribution is -0.136. The molecule has 8 nitrogen and oxygen atoms in total. The monoisotopic (exact) mass is 469 g/mol. The van der Waals surface area contributed by atoms with E-state index >= 15 is 0 Å². The van der Waals surface area contributed by atoms with Crippen LogP contribution in [0.1, 0.15) is 43.3 Å². The third-order valence-corrected chi connectivity index (χ3v) is 6.98. The number of aryl methyl sites for hydroxylation is 1. The van der Waals surface area contributed by atoms with Crippen LogP contribution in [0.5, 0.6) is 5.75 Å². The lowest BCUT2D eigenvalue weighted by atomic mass is 9.85. The Bertz CT molecular complexity index is 979. The summed E-state index contributed by atoms with van der Waals surface area (Å²) in [7, 11) is 3.27. The minimum absolute atomic E-state index is 0.0864. The van der Waals surface area contributed by atoms with Crippen LogP contribution in [0, 0.1) is 0 Å². The average molecular weight is 470 g/mol. The predicted molar refractivity (Wildman–Crippen MR) is 127 cm³/mol. The number of hydrogen-bond acceptors (Lipinski definition) is 6. The van der Waals surface area contributed by atoms with Crippen molar-refractivity contribution < 1.29 is 23.5 Å². The van der Waals surface area contributed by atoms with Gasteiger partial charge in [0.25, 0.3) is 5.91 Å². The molecule has 1 aromatic carbocycles. The van der Waals surface area contributed by atoms with Crippen molar-refractivity contribution in [2.24, 2.45) is 0 Å². The van der Waals surface area contributed by atoms with E-state index in [2.05, 4.69) is 11.8 Å². The molecule has 184 valence electrons. The van der Waals surface area contributed by atoms with E-state index in [0.717, 1.165) is 48.9 Å². The molecular weight excluding hydrogens is 434 g/mol. The second-order valence-corrected chi connectivity index (χ2v) is 9.05. The molecule has 2 saturated heterocycles. The first-order chi connectivity index (χ1) is 16.5. The van der Waals surface area contributed by atoms with E-state index in [1.807, 2.05) is 36.4 Å². The van der Waals surface area contributed by atoms with Crippen LogP contribution < -0.4 is 4.74 Å². The van der Waals surface area contributed by atoms with E-state index in [0.29, 0.717) is 32.4 Å². The van der Waals surface area contributed by atoms with Gasteiger partial charge < -0.3 is 18.8 Å². The van der Waals surface area contributed by atoms with Gasteiger partial charge in [0.15, 0.2) is 0 Å². The molecule has 1 spiro atoms. The Hall–Kier alpha value is -2.84. The zero-order chi connectivity index (χ0) is 24.1. The molecule has 0 unspecified atom stereocenters. The van der Waals surface area contributed by atoms with Crippen molar-refractivity contribution in [1.29, 1.82) is 0 Å². The summed E-state index contributed by atoms with van der Waals surface area (Å²) in [6, 6.07) is 11.3. The molecule has 2 aliphatic heterocycles. The fourth-order valence-corrected chi connectivity index (χ4v) is 4.99. The van der Waals surface area contributed by atoms with Crippen molar-refractivity contribution in [3.05, 3.63) is 53.5 Å². The molecule has 0 atom stereocenters. The Morgan fingerprint density at radius 3 is 2.29 bits per heavy atom. The van der Waals surface area contributed by atoms with Crippen LogP contribution in [0.4, 0.5) is 4.79 Å². The molecule has 2 aromatic rings. The van der Waals surface area contributed by atoms with Gasteiger partial charge in [-0.05, 0) is 49.1 Å². The SMILES string of the molecule is CCc1ccc(CN2CCC3(CC2)C(=O)N(Cc2ccc(OC)cc2)C(=O)N3CCCOC)o1. The Balaban J connectivity index is 1.48. The van der Waals surface area contributed by atoms with E-state index in [4.69, 9.17) is 13.9 Å². The minimum atomic E-state index is -0.786. The zero-order valence-corrected chi connectivity index (χ0v) is 20.4. The maximum Gasteiger partial charge on any atom is 0.327 e. The normalized spacial score (nSPS) is 18.3. The first-order valence-corrected chi connectivity index (χ1v) is 12.1. The molecule has 2 fully saturated rings. The van der Waals surface area contributed by atoms with Crippen molar-refractivity contribution in [3.63, 3.8) is 0 Å². The molecule has 0 saturated carbocycles. The highest BCUT2D eigenvalue weighted by Gasteiger charge is 2.57. The van der Waals surface area contributed by atoms with Gasteiger partial charge in [0.05, 0.1) is 20.2 Å². The van der Waals surface area contributed by atoms with Crippen molar-refractivity contribution in [2.45, 2.75) is 51.2 Å². The fraction of sp³-hybridized carbons (Fsp3) is 0.538.